The third kappa shape index (κ3) is 4.35. The molecule has 1 aliphatic heterocycles. The Morgan fingerprint density at radius 1 is 1.04 bits per heavy atom. The summed E-state index contributed by atoms with van der Waals surface area (Å²) in [6.07, 6.45) is 0. The Morgan fingerprint density at radius 2 is 1.72 bits per heavy atom. The quantitative estimate of drug-likeness (QED) is 0.804. The van der Waals surface area contributed by atoms with Crippen molar-refractivity contribution >= 4 is 34.8 Å². The highest BCUT2D eigenvalue weighted by Gasteiger charge is 2.22. The van der Waals surface area contributed by atoms with Crippen LogP contribution in [0, 0.1) is 5.82 Å². The summed E-state index contributed by atoms with van der Waals surface area (Å²) in [7, 11) is 0. The van der Waals surface area contributed by atoms with E-state index in [1.807, 2.05) is 0 Å². The number of halogens is 3. The molecule has 0 saturated carbocycles. The highest BCUT2D eigenvalue weighted by atomic mass is 35.5. The minimum absolute atomic E-state index is 0.0867. The molecule has 132 valence electrons. The first-order valence-electron chi connectivity index (χ1n) is 7.89. The van der Waals surface area contributed by atoms with Crippen LogP contribution in [0.1, 0.15) is 0 Å². The van der Waals surface area contributed by atoms with Gasteiger partial charge in [0.1, 0.15) is 16.6 Å². The lowest BCUT2D eigenvalue weighted by molar-refractivity contribution is -0.133. The number of carbonyl (C=O) groups excluding carboxylic acids is 1. The van der Waals surface area contributed by atoms with E-state index in [2.05, 4.69) is 4.90 Å². The molecule has 1 amide bonds. The lowest BCUT2D eigenvalue weighted by atomic mass is 10.2. The minimum Gasteiger partial charge on any atom is -0.482 e. The van der Waals surface area contributed by atoms with E-state index in [-0.39, 0.29) is 18.3 Å². The number of amides is 1. The molecule has 0 N–H and O–H groups in total. The summed E-state index contributed by atoms with van der Waals surface area (Å²) in [5, 5.41) is 0.692. The van der Waals surface area contributed by atoms with E-state index in [1.54, 1.807) is 35.2 Å². The van der Waals surface area contributed by atoms with Crippen LogP contribution in [0.15, 0.2) is 42.5 Å². The van der Waals surface area contributed by atoms with Gasteiger partial charge >= 0.3 is 0 Å². The zero-order valence-electron chi connectivity index (χ0n) is 13.4. The molecule has 1 heterocycles. The summed E-state index contributed by atoms with van der Waals surface area (Å²) < 4.78 is 18.5. The molecule has 7 heteroatoms. The van der Waals surface area contributed by atoms with Gasteiger partial charge in [-0.3, -0.25) is 4.79 Å². The summed E-state index contributed by atoms with van der Waals surface area (Å²) in [6, 6.07) is 11.4. The largest absolute Gasteiger partial charge is 0.482 e. The van der Waals surface area contributed by atoms with Crippen LogP contribution < -0.4 is 9.64 Å². The van der Waals surface area contributed by atoms with Crippen molar-refractivity contribution in [3.05, 3.63) is 58.3 Å². The summed E-state index contributed by atoms with van der Waals surface area (Å²) in [5.41, 5.74) is 0.954. The monoisotopic (exact) mass is 382 g/mol. The molecule has 1 fully saturated rings. The van der Waals surface area contributed by atoms with Gasteiger partial charge < -0.3 is 14.5 Å². The molecule has 0 spiro atoms. The number of hydrogen-bond acceptors (Lipinski definition) is 3. The summed E-state index contributed by atoms with van der Waals surface area (Å²) in [4.78, 5) is 16.2. The van der Waals surface area contributed by atoms with Crippen LogP contribution >= 0.6 is 23.2 Å². The Labute approximate surface area is 155 Å². The molecule has 2 aromatic carbocycles. The summed E-state index contributed by atoms with van der Waals surface area (Å²) in [6.45, 7) is 2.47. The fourth-order valence-electron chi connectivity index (χ4n) is 2.69. The van der Waals surface area contributed by atoms with Gasteiger partial charge in [0.05, 0.1) is 5.02 Å². The van der Waals surface area contributed by atoms with Crippen LogP contribution in [-0.2, 0) is 4.79 Å². The maximum atomic E-state index is 13.0. The third-order valence-corrected chi connectivity index (χ3v) is 4.89. The highest BCUT2D eigenvalue weighted by molar-refractivity contribution is 6.42. The number of rotatable bonds is 4. The second-order valence-corrected chi connectivity index (χ2v) is 6.47. The smallest absolute Gasteiger partial charge is 0.260 e. The van der Waals surface area contributed by atoms with E-state index in [9.17, 15) is 9.18 Å². The molecule has 0 aliphatic carbocycles. The van der Waals surface area contributed by atoms with Crippen molar-refractivity contribution in [3.8, 4) is 5.75 Å². The van der Waals surface area contributed by atoms with Gasteiger partial charge in [-0.25, -0.2) is 4.39 Å². The number of piperazine rings is 1. The van der Waals surface area contributed by atoms with Crippen molar-refractivity contribution in [2.45, 2.75) is 0 Å². The molecule has 0 bridgehead atoms. The van der Waals surface area contributed by atoms with E-state index in [0.717, 1.165) is 5.69 Å². The van der Waals surface area contributed by atoms with Crippen LogP contribution in [0.5, 0.6) is 5.75 Å². The van der Waals surface area contributed by atoms with Gasteiger partial charge in [0.2, 0.25) is 0 Å². The van der Waals surface area contributed by atoms with Crippen LogP contribution in [-0.4, -0.2) is 43.6 Å². The van der Waals surface area contributed by atoms with Gasteiger partial charge in [-0.15, -0.1) is 0 Å². The van der Waals surface area contributed by atoms with Gasteiger partial charge in [0.15, 0.2) is 6.61 Å². The average molecular weight is 383 g/mol. The molecular formula is C18H17Cl2FN2O2. The van der Waals surface area contributed by atoms with Crippen LogP contribution in [0.25, 0.3) is 0 Å². The molecule has 0 radical (unpaired) electrons. The van der Waals surface area contributed by atoms with Crippen molar-refractivity contribution < 1.29 is 13.9 Å². The van der Waals surface area contributed by atoms with Gasteiger partial charge in [-0.2, -0.15) is 0 Å². The van der Waals surface area contributed by atoms with Crippen molar-refractivity contribution in [1.82, 2.24) is 4.90 Å². The molecule has 4 nitrogen and oxygen atoms in total. The zero-order valence-corrected chi connectivity index (χ0v) is 14.9. The van der Waals surface area contributed by atoms with Crippen LogP contribution in [0.2, 0.25) is 10.0 Å². The van der Waals surface area contributed by atoms with Crippen molar-refractivity contribution in [3.63, 3.8) is 0 Å². The second-order valence-electron chi connectivity index (χ2n) is 5.68. The van der Waals surface area contributed by atoms with Crippen molar-refractivity contribution in [2.24, 2.45) is 0 Å². The van der Waals surface area contributed by atoms with Gasteiger partial charge in [0, 0.05) is 31.9 Å². The Bertz CT molecular complexity index is 747. The number of hydrogen-bond donors (Lipinski definition) is 0. The first-order valence-corrected chi connectivity index (χ1v) is 8.65. The lowest BCUT2D eigenvalue weighted by Crippen LogP contribution is -2.50. The molecule has 25 heavy (non-hydrogen) atoms. The summed E-state index contributed by atoms with van der Waals surface area (Å²) >= 11 is 12.0. The average Bonchev–Trinajstić information content (AvgIpc) is 2.63. The standard InChI is InChI=1S/C18H17Cl2FN2O2/c19-15-2-1-3-16(18(15)20)25-12-17(24)23-10-8-22(9-11-23)14-6-4-13(21)5-7-14/h1-7H,8-12H2. The molecule has 2 aromatic rings. The molecule has 0 aromatic heterocycles. The van der Waals surface area contributed by atoms with E-state index >= 15 is 0 Å². The SMILES string of the molecule is O=C(COc1cccc(Cl)c1Cl)N1CCN(c2ccc(F)cc2)CC1. The Morgan fingerprint density at radius 3 is 2.40 bits per heavy atom. The summed E-state index contributed by atoms with van der Waals surface area (Å²) in [5.74, 6) is 0.0386. The Hall–Kier alpha value is -1.98. The van der Waals surface area contributed by atoms with Crippen molar-refractivity contribution in [1.29, 1.82) is 0 Å². The molecule has 0 unspecified atom stereocenters. The van der Waals surface area contributed by atoms with Crippen molar-refractivity contribution in [2.75, 3.05) is 37.7 Å². The van der Waals surface area contributed by atoms with E-state index in [4.69, 9.17) is 27.9 Å². The maximum absolute atomic E-state index is 13.0. The van der Waals surface area contributed by atoms with E-state index in [0.29, 0.717) is 42.0 Å². The molecule has 3 rings (SSSR count). The molecule has 0 atom stereocenters. The molecule has 1 aliphatic rings. The zero-order chi connectivity index (χ0) is 17.8. The number of nitrogens with zero attached hydrogens (tertiary/aromatic N) is 2. The predicted octanol–water partition coefficient (Wildman–Crippen LogP) is 3.86. The van der Waals surface area contributed by atoms with Crippen LogP contribution in [0.4, 0.5) is 10.1 Å². The van der Waals surface area contributed by atoms with Gasteiger partial charge in [-0.05, 0) is 36.4 Å². The minimum atomic E-state index is -0.255. The van der Waals surface area contributed by atoms with E-state index in [1.165, 1.54) is 12.1 Å². The fourth-order valence-corrected chi connectivity index (χ4v) is 3.04. The van der Waals surface area contributed by atoms with Gasteiger partial charge in [-0.1, -0.05) is 29.3 Å². The first-order chi connectivity index (χ1) is 12.0. The first kappa shape index (κ1) is 17.8. The fraction of sp³-hybridized carbons (Fsp3) is 0.278. The number of carbonyl (C=O) groups is 1. The second kappa shape index (κ2) is 7.93. The molecular weight excluding hydrogens is 366 g/mol. The number of benzene rings is 2. The number of anilines is 1. The molecule has 1 saturated heterocycles. The number of ether oxygens (including phenoxy) is 1. The van der Waals surface area contributed by atoms with Gasteiger partial charge in [0.25, 0.3) is 5.91 Å². The Balaban J connectivity index is 1.51. The van der Waals surface area contributed by atoms with E-state index < -0.39 is 0 Å². The maximum Gasteiger partial charge on any atom is 0.260 e. The van der Waals surface area contributed by atoms with Crippen LogP contribution in [0.3, 0.4) is 0 Å². The third-order valence-electron chi connectivity index (χ3n) is 4.09. The topological polar surface area (TPSA) is 32.8 Å². The Kier molecular flexibility index (Phi) is 5.66. The predicted molar refractivity (Wildman–Crippen MR) is 97.2 cm³/mol. The normalized spacial score (nSPS) is 14.5. The lowest BCUT2D eigenvalue weighted by Gasteiger charge is -2.36. The highest BCUT2D eigenvalue weighted by Crippen LogP contribution is 2.31.